The number of fused-ring (bicyclic) bond motifs is 2. The van der Waals surface area contributed by atoms with Crippen LogP contribution >= 0.6 is 15.9 Å². The molecule has 3 N–H and O–H groups in total. The predicted octanol–water partition coefficient (Wildman–Crippen LogP) is 23.8. The summed E-state index contributed by atoms with van der Waals surface area (Å²) in [4.78, 5) is 26.6. The summed E-state index contributed by atoms with van der Waals surface area (Å²) in [5.74, 6) is 6.53. The molecular weight excluding hydrogens is 1400 g/mol. The Labute approximate surface area is 642 Å². The third-order valence-electron chi connectivity index (χ3n) is 27.6. The van der Waals surface area contributed by atoms with E-state index in [1.54, 1.807) is 5.57 Å². The van der Waals surface area contributed by atoms with Crippen LogP contribution in [0.15, 0.2) is 83.0 Å². The van der Waals surface area contributed by atoms with Gasteiger partial charge in [0.25, 0.3) is 0 Å². The molecule has 2 aliphatic heterocycles. The van der Waals surface area contributed by atoms with Crippen LogP contribution in [0.5, 0.6) is 0 Å². The number of cyclic esters (lactones) is 2. The van der Waals surface area contributed by atoms with E-state index in [0.29, 0.717) is 71.5 Å². The maximum absolute atomic E-state index is 12.3. The second-order valence-electron chi connectivity index (χ2n) is 37.3. The van der Waals surface area contributed by atoms with Gasteiger partial charge in [0.15, 0.2) is 25.0 Å². The number of rotatable bonds is 29. The van der Waals surface area contributed by atoms with E-state index in [0.717, 1.165) is 94.6 Å². The van der Waals surface area contributed by atoms with Crippen LogP contribution in [0.3, 0.4) is 0 Å². The van der Waals surface area contributed by atoms with Crippen LogP contribution in [0.2, 0.25) is 54.4 Å². The van der Waals surface area contributed by atoms with Crippen molar-refractivity contribution in [2.45, 2.75) is 363 Å². The molecule has 0 unspecified atom stereocenters. The summed E-state index contributed by atoms with van der Waals surface area (Å²) in [6.45, 7) is 69.9. The fourth-order valence-corrected chi connectivity index (χ4v) is 22.5. The minimum atomic E-state index is -2.02. The molecule has 7 fully saturated rings. The third-order valence-corrected chi connectivity index (χ3v) is 41.7. The molecule has 5 aliphatic carbocycles. The molecular formula is C88H154BrFO10Si3. The van der Waals surface area contributed by atoms with E-state index in [9.17, 15) is 24.9 Å². The van der Waals surface area contributed by atoms with E-state index in [1.165, 1.54) is 63.4 Å². The molecule has 0 amide bonds. The quantitative estimate of drug-likeness (QED) is 0.0166. The molecule has 0 spiro atoms. The SMILES string of the molecule is C#CC[C@@H](O[Si](C)(C)C(C)(C)C)[C@H](CCCO[Si](C)(C)C(C)(C)C)[C@@H](C=C)O[Si](C)(C)C(C)(C)C.C=C1/C(=C\C=C2/CCC[C@]3(C)[C@@H]([C@H](C)C[C@H]4OC(=O)C(=C)[C@H]4CCCC)CC[C@@H]23)C[C@@H](O)[C@H](CCCO)[C@@H]1O.C=C1C(=O)O[C@H](C[C@@H](C)[C@H]2CC[C@H]3/C(=C/Br)CCC[C@]23C)[C@@H]1CCCC.CC.F. The van der Waals surface area contributed by atoms with E-state index in [4.69, 9.17) is 29.2 Å². The number of aliphatic hydroxyl groups is 3. The van der Waals surface area contributed by atoms with Gasteiger partial charge in [0.2, 0.25) is 0 Å². The first-order valence-corrected chi connectivity index (χ1v) is 50.3. The van der Waals surface area contributed by atoms with E-state index in [2.05, 4.69) is 208 Å². The Morgan fingerprint density at radius 1 is 0.680 bits per heavy atom. The third kappa shape index (κ3) is 24.0. The van der Waals surface area contributed by atoms with E-state index >= 15 is 0 Å². The number of aliphatic hydroxyl groups excluding tert-OH is 3. The van der Waals surface area contributed by atoms with Crippen molar-refractivity contribution in [3.8, 4) is 12.3 Å². The van der Waals surface area contributed by atoms with Crippen LogP contribution in [0.25, 0.3) is 0 Å². The first kappa shape index (κ1) is 94.7. The molecule has 0 bridgehead atoms. The number of hydrogen-bond donors (Lipinski definition) is 3. The van der Waals surface area contributed by atoms with Crippen molar-refractivity contribution in [3.05, 3.63) is 83.0 Å². The Balaban J connectivity index is 0.000000402. The van der Waals surface area contributed by atoms with Crippen molar-refractivity contribution in [1.82, 2.24) is 0 Å². The summed E-state index contributed by atoms with van der Waals surface area (Å²) in [6, 6.07) is 0. The Morgan fingerprint density at radius 3 is 1.56 bits per heavy atom. The Hall–Kier alpha value is -2.50. The lowest BCUT2D eigenvalue weighted by molar-refractivity contribution is -0.141. The fraction of sp³-hybridized carbons (Fsp3) is 0.795. The van der Waals surface area contributed by atoms with Gasteiger partial charge in [-0.2, -0.15) is 0 Å². The molecule has 2 heterocycles. The standard InChI is InChI=1S/C34H52O5.C29H60O3Si3.C23H35BrO2.C2H6.FH/c1-6-7-11-26-23(4)33(38)39-31(26)19-21(2)28-15-16-29-24(10-8-17-34(28,29)5)13-14-25-20-30(36)27(12-9-18-35)32(37)22(25)3;1-18-21-26(32-35(16,17)29(9,10)11)24(22-20-23-30-33(12,13)27(3,4)5)25(19-2)31-34(14,15)28(6,7)8;1-5-6-9-18-16(3)22(25)26-21(18)13-15(2)19-10-11-20-17(14-24)8-7-12-23(19,20)4;1-2;/h13-14,21,26-32,35-37H,3-4,6-12,15-20H2,1-2,5H3;1,19,24-26H,2,20-23H2,3-17H3;14-15,18-21H,3,5-13H2,1-2,4H3;1-2H3;1H/b24-13+,25-14-;;17-14+;;/t21-,26-,27+,28-,29+,30-,31-,32-,34-;24-,25-,26-;15-,18-,19-,20+,21-,23-;;/m111../s1. The molecule has 18 atom stereocenters. The van der Waals surface area contributed by atoms with Gasteiger partial charge in [-0.25, -0.2) is 9.59 Å². The zero-order chi connectivity index (χ0) is 77.3. The lowest BCUT2D eigenvalue weighted by Gasteiger charge is -2.45. The Morgan fingerprint density at radius 2 is 1.14 bits per heavy atom. The molecule has 0 aromatic rings. The van der Waals surface area contributed by atoms with Gasteiger partial charge in [-0.1, -0.05) is 208 Å². The average Bonchev–Trinajstić information content (AvgIpc) is 1.63. The summed E-state index contributed by atoms with van der Waals surface area (Å²) in [5, 5.41) is 31.1. The first-order valence-electron chi connectivity index (χ1n) is 40.7. The summed E-state index contributed by atoms with van der Waals surface area (Å²) < 4.78 is 32.1. The lowest BCUT2D eigenvalue weighted by Crippen LogP contribution is -2.50. The minimum Gasteiger partial charge on any atom is -0.458 e. The van der Waals surface area contributed by atoms with Crippen LogP contribution in [0.1, 0.15) is 272 Å². The highest BCUT2D eigenvalue weighted by atomic mass is 79.9. The smallest absolute Gasteiger partial charge is 0.334 e. The molecule has 2 saturated heterocycles. The monoisotopic (exact) mass is 1550 g/mol. The van der Waals surface area contributed by atoms with Gasteiger partial charge in [-0.15, -0.1) is 18.9 Å². The normalized spacial score (nSPS) is 31.0. The predicted molar refractivity (Wildman–Crippen MR) is 444 cm³/mol. The maximum Gasteiger partial charge on any atom is 0.334 e. The lowest BCUT2D eigenvalue weighted by atomic mass is 9.60. The van der Waals surface area contributed by atoms with Gasteiger partial charge in [0.1, 0.15) is 12.2 Å². The number of allylic oxidation sites excluding steroid dienone is 4. The molecule has 0 radical (unpaired) electrons. The van der Waals surface area contributed by atoms with Crippen molar-refractivity contribution >= 4 is 52.8 Å². The highest BCUT2D eigenvalue weighted by Gasteiger charge is 2.54. The maximum atomic E-state index is 12.3. The second kappa shape index (κ2) is 41.0. The Kier molecular flexibility index (Phi) is 37.7. The Bertz CT molecular complexity index is 2870. The van der Waals surface area contributed by atoms with E-state index < -0.39 is 37.2 Å². The van der Waals surface area contributed by atoms with Crippen LogP contribution in [-0.2, 0) is 32.3 Å². The number of ether oxygens (including phenoxy) is 2. The van der Waals surface area contributed by atoms with Crippen molar-refractivity contribution < 1.29 is 52.4 Å². The zero-order valence-corrected chi connectivity index (χ0v) is 74.4. The topological polar surface area (TPSA) is 141 Å². The van der Waals surface area contributed by atoms with Gasteiger partial charge in [-0.05, 0) is 239 Å². The largest absolute Gasteiger partial charge is 0.458 e. The molecule has 0 aromatic carbocycles. The molecule has 7 aliphatic rings. The summed E-state index contributed by atoms with van der Waals surface area (Å²) >= 11 is 3.62. The van der Waals surface area contributed by atoms with Crippen LogP contribution in [0.4, 0.5) is 4.70 Å². The average molecular weight is 1560 g/mol. The molecule has 592 valence electrons. The number of carbonyl (C=O) groups excluding carboxylic acids is 2. The number of unbranched alkanes of at least 4 members (excludes halogenated alkanes) is 2. The minimum absolute atomic E-state index is 0. The van der Waals surface area contributed by atoms with Crippen molar-refractivity contribution in [3.63, 3.8) is 0 Å². The molecule has 103 heavy (non-hydrogen) atoms. The van der Waals surface area contributed by atoms with E-state index in [-0.39, 0.29) is 91.9 Å². The summed E-state index contributed by atoms with van der Waals surface area (Å²) in [7, 11) is -5.81. The van der Waals surface area contributed by atoms with Gasteiger partial charge in [0.05, 0.1) is 24.4 Å². The van der Waals surface area contributed by atoms with Gasteiger partial charge < -0.3 is 38.1 Å². The molecule has 10 nitrogen and oxygen atoms in total. The number of carbonyl (C=O) groups is 2. The van der Waals surface area contributed by atoms with Gasteiger partial charge >= 0.3 is 11.9 Å². The highest BCUT2D eigenvalue weighted by molar-refractivity contribution is 9.11. The van der Waals surface area contributed by atoms with Crippen molar-refractivity contribution in [1.29, 1.82) is 0 Å². The van der Waals surface area contributed by atoms with Crippen molar-refractivity contribution in [2.24, 2.45) is 70.0 Å². The van der Waals surface area contributed by atoms with Crippen LogP contribution < -0.4 is 0 Å². The van der Waals surface area contributed by atoms with Crippen LogP contribution in [0, 0.1) is 82.4 Å². The summed E-state index contributed by atoms with van der Waals surface area (Å²) in [6.07, 6.45) is 35.8. The molecule has 7 rings (SSSR count). The summed E-state index contributed by atoms with van der Waals surface area (Å²) in [5.41, 5.74) is 6.80. The fourth-order valence-electron chi connectivity index (χ4n) is 18.2. The zero-order valence-electron chi connectivity index (χ0n) is 69.8. The van der Waals surface area contributed by atoms with E-state index in [1.807, 2.05) is 19.9 Å². The van der Waals surface area contributed by atoms with Crippen molar-refractivity contribution in [2.75, 3.05) is 13.2 Å². The number of halogens is 2. The molecule has 5 saturated carbocycles. The molecule has 15 heteroatoms. The first-order chi connectivity index (χ1) is 47.5. The van der Waals surface area contributed by atoms with Crippen LogP contribution in [-0.4, -0.2) is 102 Å². The van der Waals surface area contributed by atoms with Gasteiger partial charge in [0, 0.05) is 54.5 Å². The molecule has 0 aromatic heterocycles. The number of hydrogen-bond acceptors (Lipinski definition) is 10. The highest BCUT2D eigenvalue weighted by Crippen LogP contribution is 2.62. The number of esters is 2. The van der Waals surface area contributed by atoms with Gasteiger partial charge in [-0.3, -0.25) is 4.70 Å². The second-order valence-corrected chi connectivity index (χ2v) is 52.0. The number of terminal acetylenes is 1.